The van der Waals surface area contributed by atoms with E-state index in [4.69, 9.17) is 4.74 Å². The molecule has 0 fully saturated rings. The Morgan fingerprint density at radius 2 is 1.53 bits per heavy atom. The number of aryl methyl sites for hydroxylation is 4. The van der Waals surface area contributed by atoms with Crippen molar-refractivity contribution >= 4 is 29.3 Å². The van der Waals surface area contributed by atoms with Gasteiger partial charge in [0.2, 0.25) is 0 Å². The molecule has 0 atom stereocenters. The van der Waals surface area contributed by atoms with E-state index in [2.05, 4.69) is 37.4 Å². The zero-order valence-electron chi connectivity index (χ0n) is 17.6. The molecule has 5 heteroatoms. The average Bonchev–Trinajstić information content (AvgIpc) is 2.72. The SMILES string of the molecule is Cc1ccc(C)c(Sc2ccc(NC(=O)COC(=O)c3ccc(C)c(C)c3)cc2)c1. The van der Waals surface area contributed by atoms with E-state index in [-0.39, 0.29) is 12.5 Å². The number of hydrogen-bond donors (Lipinski definition) is 1. The third-order valence-corrected chi connectivity index (χ3v) is 5.95. The molecule has 0 saturated heterocycles. The van der Waals surface area contributed by atoms with Crippen LogP contribution >= 0.6 is 11.8 Å². The van der Waals surface area contributed by atoms with Crippen LogP contribution in [0.15, 0.2) is 70.5 Å². The van der Waals surface area contributed by atoms with Gasteiger partial charge in [-0.1, -0.05) is 30.0 Å². The maximum atomic E-state index is 12.1. The highest BCUT2D eigenvalue weighted by Gasteiger charge is 2.11. The number of amides is 1. The molecular formula is C25H25NO3S. The zero-order chi connectivity index (χ0) is 21.7. The molecule has 0 aliphatic carbocycles. The molecule has 0 aliphatic rings. The maximum Gasteiger partial charge on any atom is 0.338 e. The Kier molecular flexibility index (Phi) is 6.95. The summed E-state index contributed by atoms with van der Waals surface area (Å²) in [5.41, 5.74) is 5.67. The highest BCUT2D eigenvalue weighted by molar-refractivity contribution is 7.99. The maximum absolute atomic E-state index is 12.1. The van der Waals surface area contributed by atoms with Crippen LogP contribution in [0.4, 0.5) is 5.69 Å². The Morgan fingerprint density at radius 1 is 0.833 bits per heavy atom. The lowest BCUT2D eigenvalue weighted by molar-refractivity contribution is -0.119. The quantitative estimate of drug-likeness (QED) is 0.508. The van der Waals surface area contributed by atoms with Crippen LogP contribution in [-0.2, 0) is 9.53 Å². The van der Waals surface area contributed by atoms with Gasteiger partial charge in [0.25, 0.3) is 5.91 Å². The summed E-state index contributed by atoms with van der Waals surface area (Å²) in [4.78, 5) is 26.6. The van der Waals surface area contributed by atoms with Crippen LogP contribution in [0, 0.1) is 27.7 Å². The van der Waals surface area contributed by atoms with E-state index in [1.807, 2.05) is 44.2 Å². The molecule has 0 bridgehead atoms. The summed E-state index contributed by atoms with van der Waals surface area (Å²) < 4.78 is 5.13. The van der Waals surface area contributed by atoms with Crippen LogP contribution in [-0.4, -0.2) is 18.5 Å². The van der Waals surface area contributed by atoms with E-state index in [0.717, 1.165) is 16.0 Å². The lowest BCUT2D eigenvalue weighted by atomic mass is 10.1. The second-order valence-corrected chi connectivity index (χ2v) is 8.43. The third-order valence-electron chi connectivity index (χ3n) is 4.79. The number of esters is 1. The summed E-state index contributed by atoms with van der Waals surface area (Å²) in [6, 6.07) is 19.3. The first-order valence-corrected chi connectivity index (χ1v) is 10.5. The molecule has 1 N–H and O–H groups in total. The van der Waals surface area contributed by atoms with Crippen LogP contribution in [0.5, 0.6) is 0 Å². The molecule has 154 valence electrons. The van der Waals surface area contributed by atoms with E-state index < -0.39 is 5.97 Å². The number of carbonyl (C=O) groups excluding carboxylic acids is 2. The number of rotatable bonds is 6. The lowest BCUT2D eigenvalue weighted by Crippen LogP contribution is -2.21. The minimum Gasteiger partial charge on any atom is -0.452 e. The second kappa shape index (κ2) is 9.63. The summed E-state index contributed by atoms with van der Waals surface area (Å²) in [5.74, 6) is -0.879. The molecule has 4 nitrogen and oxygen atoms in total. The number of hydrogen-bond acceptors (Lipinski definition) is 4. The lowest BCUT2D eigenvalue weighted by Gasteiger charge is -2.09. The molecule has 0 unspecified atom stereocenters. The zero-order valence-corrected chi connectivity index (χ0v) is 18.4. The Balaban J connectivity index is 1.53. The molecule has 1 amide bonds. The van der Waals surface area contributed by atoms with E-state index >= 15 is 0 Å². The van der Waals surface area contributed by atoms with Crippen molar-refractivity contribution in [3.8, 4) is 0 Å². The monoisotopic (exact) mass is 419 g/mol. The highest BCUT2D eigenvalue weighted by atomic mass is 32.2. The van der Waals surface area contributed by atoms with Crippen LogP contribution in [0.2, 0.25) is 0 Å². The summed E-state index contributed by atoms with van der Waals surface area (Å²) in [5, 5.41) is 2.76. The molecule has 0 aliphatic heterocycles. The molecule has 3 aromatic rings. The van der Waals surface area contributed by atoms with Gasteiger partial charge in [-0.15, -0.1) is 0 Å². The predicted octanol–water partition coefficient (Wildman–Crippen LogP) is 5.87. The van der Waals surface area contributed by atoms with Gasteiger partial charge in [0.1, 0.15) is 0 Å². The van der Waals surface area contributed by atoms with E-state index in [0.29, 0.717) is 11.3 Å². The van der Waals surface area contributed by atoms with Gasteiger partial charge < -0.3 is 10.1 Å². The van der Waals surface area contributed by atoms with Gasteiger partial charge in [-0.25, -0.2) is 4.79 Å². The van der Waals surface area contributed by atoms with E-state index in [1.54, 1.807) is 23.9 Å². The predicted molar refractivity (Wildman–Crippen MR) is 121 cm³/mol. The van der Waals surface area contributed by atoms with Crippen molar-refractivity contribution in [3.05, 3.63) is 88.5 Å². The minimum absolute atomic E-state index is 0.329. The number of benzene rings is 3. The van der Waals surface area contributed by atoms with Crippen molar-refractivity contribution in [2.75, 3.05) is 11.9 Å². The first-order chi connectivity index (χ1) is 14.3. The van der Waals surface area contributed by atoms with Gasteiger partial charge in [0, 0.05) is 15.5 Å². The minimum atomic E-state index is -0.506. The molecule has 0 aromatic heterocycles. The Morgan fingerprint density at radius 3 is 2.23 bits per heavy atom. The Labute approximate surface area is 181 Å². The number of nitrogens with one attached hydrogen (secondary N) is 1. The number of carbonyl (C=O) groups is 2. The molecule has 0 radical (unpaired) electrons. The molecular weight excluding hydrogens is 394 g/mol. The third kappa shape index (κ3) is 5.74. The summed E-state index contributed by atoms with van der Waals surface area (Å²) >= 11 is 1.69. The molecule has 0 heterocycles. The van der Waals surface area contributed by atoms with Gasteiger partial charge in [0.05, 0.1) is 5.56 Å². The van der Waals surface area contributed by atoms with Crippen molar-refractivity contribution in [1.29, 1.82) is 0 Å². The fourth-order valence-corrected chi connectivity index (χ4v) is 3.83. The van der Waals surface area contributed by atoms with Gasteiger partial charge in [0.15, 0.2) is 6.61 Å². The van der Waals surface area contributed by atoms with Crippen molar-refractivity contribution < 1.29 is 14.3 Å². The van der Waals surface area contributed by atoms with E-state index in [1.165, 1.54) is 16.0 Å². The second-order valence-electron chi connectivity index (χ2n) is 7.32. The summed E-state index contributed by atoms with van der Waals surface area (Å²) in [7, 11) is 0. The largest absolute Gasteiger partial charge is 0.452 e. The molecule has 3 aromatic carbocycles. The first kappa shape index (κ1) is 21.7. The van der Waals surface area contributed by atoms with Crippen molar-refractivity contribution in [2.45, 2.75) is 37.5 Å². The molecule has 0 saturated carbocycles. The number of anilines is 1. The van der Waals surface area contributed by atoms with Crippen molar-refractivity contribution in [1.82, 2.24) is 0 Å². The Bertz CT molecular complexity index is 1070. The first-order valence-electron chi connectivity index (χ1n) is 9.71. The van der Waals surface area contributed by atoms with Crippen LogP contribution < -0.4 is 5.32 Å². The van der Waals surface area contributed by atoms with Gasteiger partial charge in [-0.05, 0) is 92.4 Å². The topological polar surface area (TPSA) is 55.4 Å². The van der Waals surface area contributed by atoms with Gasteiger partial charge >= 0.3 is 5.97 Å². The Hall–Kier alpha value is -3.05. The molecule has 3 rings (SSSR count). The van der Waals surface area contributed by atoms with Crippen molar-refractivity contribution in [2.24, 2.45) is 0 Å². The average molecular weight is 420 g/mol. The van der Waals surface area contributed by atoms with Crippen LogP contribution in [0.25, 0.3) is 0 Å². The van der Waals surface area contributed by atoms with E-state index in [9.17, 15) is 9.59 Å². The summed E-state index contributed by atoms with van der Waals surface area (Å²) in [6.07, 6.45) is 0. The fourth-order valence-electron chi connectivity index (χ4n) is 2.83. The summed E-state index contributed by atoms with van der Waals surface area (Å²) in [6.45, 7) is 7.75. The van der Waals surface area contributed by atoms with Gasteiger partial charge in [-0.3, -0.25) is 4.79 Å². The normalized spacial score (nSPS) is 10.5. The standard InChI is InChI=1S/C25H25NO3S/c1-16-5-6-18(3)23(13-16)30-22-11-9-21(10-12-22)26-24(27)15-29-25(28)20-8-7-17(2)19(4)14-20/h5-14H,15H2,1-4H3,(H,26,27). The fraction of sp³-hybridized carbons (Fsp3) is 0.200. The highest BCUT2D eigenvalue weighted by Crippen LogP contribution is 2.31. The molecule has 0 spiro atoms. The smallest absolute Gasteiger partial charge is 0.338 e. The van der Waals surface area contributed by atoms with Crippen LogP contribution in [0.3, 0.4) is 0 Å². The van der Waals surface area contributed by atoms with Crippen LogP contribution in [0.1, 0.15) is 32.6 Å². The molecule has 30 heavy (non-hydrogen) atoms. The number of ether oxygens (including phenoxy) is 1. The van der Waals surface area contributed by atoms with Crippen molar-refractivity contribution in [3.63, 3.8) is 0 Å². The van der Waals surface area contributed by atoms with Gasteiger partial charge in [-0.2, -0.15) is 0 Å².